The van der Waals surface area contributed by atoms with Gasteiger partial charge in [0.15, 0.2) is 0 Å². The van der Waals surface area contributed by atoms with E-state index in [1.54, 1.807) is 7.05 Å². The van der Waals surface area contributed by atoms with Crippen LogP contribution in [0.3, 0.4) is 0 Å². The van der Waals surface area contributed by atoms with Crippen molar-refractivity contribution < 1.29 is 8.42 Å². The summed E-state index contributed by atoms with van der Waals surface area (Å²) in [5.41, 5.74) is 0. The Morgan fingerprint density at radius 3 is 2.78 bits per heavy atom. The van der Waals surface area contributed by atoms with Crippen LogP contribution in [-0.4, -0.2) is 42.0 Å². The largest absolute Gasteiger partial charge is 0.270 e. The Morgan fingerprint density at radius 1 is 1.56 bits per heavy atom. The van der Waals surface area contributed by atoms with Crippen molar-refractivity contribution in [1.82, 2.24) is 14.1 Å². The second-order valence-corrected chi connectivity index (χ2v) is 6.85. The molecule has 18 heavy (non-hydrogen) atoms. The fourth-order valence-electron chi connectivity index (χ4n) is 1.53. The smallest absolute Gasteiger partial charge is 0.245 e. The minimum Gasteiger partial charge on any atom is -0.270 e. The zero-order chi connectivity index (χ0) is 13.8. The molecule has 0 spiro atoms. The van der Waals surface area contributed by atoms with E-state index in [9.17, 15) is 8.42 Å². The summed E-state index contributed by atoms with van der Waals surface area (Å²) < 4.78 is 27.4. The van der Waals surface area contributed by atoms with Gasteiger partial charge in [0, 0.05) is 25.7 Å². The molecule has 1 aromatic heterocycles. The Balaban J connectivity index is 2.84. The zero-order valence-electron chi connectivity index (χ0n) is 11.0. The monoisotopic (exact) mass is 293 g/mol. The molecule has 7 heteroatoms. The molecule has 0 aliphatic carbocycles. The molecule has 0 aliphatic rings. The molecule has 1 unspecified atom stereocenters. The van der Waals surface area contributed by atoms with E-state index in [0.29, 0.717) is 24.9 Å². The van der Waals surface area contributed by atoms with Crippen LogP contribution in [0.15, 0.2) is 17.3 Å². The lowest BCUT2D eigenvalue weighted by molar-refractivity contribution is 0.393. The van der Waals surface area contributed by atoms with Crippen molar-refractivity contribution in [2.24, 2.45) is 5.92 Å². The molecule has 1 heterocycles. The Morgan fingerprint density at radius 2 is 2.22 bits per heavy atom. The first-order valence-electron chi connectivity index (χ1n) is 5.96. The van der Waals surface area contributed by atoms with Crippen LogP contribution in [0.1, 0.15) is 20.3 Å². The Hall–Kier alpha value is -0.590. The molecule has 0 bridgehead atoms. The molecule has 1 rings (SSSR count). The topological polar surface area (TPSA) is 55.2 Å². The molecule has 0 saturated heterocycles. The highest BCUT2D eigenvalue weighted by atomic mass is 35.5. The van der Waals surface area contributed by atoms with Crippen molar-refractivity contribution in [3.63, 3.8) is 0 Å². The summed E-state index contributed by atoms with van der Waals surface area (Å²) in [6, 6.07) is 0. The third kappa shape index (κ3) is 3.70. The molecule has 0 fully saturated rings. The molecule has 1 aromatic rings. The fraction of sp³-hybridized carbons (Fsp3) is 0.727. The van der Waals surface area contributed by atoms with E-state index >= 15 is 0 Å². The van der Waals surface area contributed by atoms with Gasteiger partial charge in [0.05, 0.1) is 12.7 Å². The number of aryl methyl sites for hydroxylation is 1. The maximum atomic E-state index is 12.2. The molecule has 1 atom stereocenters. The number of nitrogens with zero attached hydrogens (tertiary/aromatic N) is 3. The lowest BCUT2D eigenvalue weighted by Crippen LogP contribution is -2.30. The lowest BCUT2D eigenvalue weighted by Gasteiger charge is -2.19. The number of halogens is 1. The number of sulfonamides is 1. The van der Waals surface area contributed by atoms with E-state index in [1.807, 2.05) is 13.8 Å². The van der Waals surface area contributed by atoms with Crippen LogP contribution in [0.2, 0.25) is 0 Å². The van der Waals surface area contributed by atoms with E-state index in [1.165, 1.54) is 21.4 Å². The minimum atomic E-state index is -3.43. The van der Waals surface area contributed by atoms with Gasteiger partial charge in [-0.2, -0.15) is 5.10 Å². The van der Waals surface area contributed by atoms with Crippen molar-refractivity contribution in [3.8, 4) is 0 Å². The molecule has 0 saturated carbocycles. The van der Waals surface area contributed by atoms with E-state index in [4.69, 9.17) is 11.6 Å². The van der Waals surface area contributed by atoms with Gasteiger partial charge in [0.2, 0.25) is 10.0 Å². The van der Waals surface area contributed by atoms with E-state index < -0.39 is 10.0 Å². The number of rotatable bonds is 7. The van der Waals surface area contributed by atoms with Crippen molar-refractivity contribution in [2.75, 3.05) is 19.5 Å². The highest BCUT2D eigenvalue weighted by molar-refractivity contribution is 7.89. The van der Waals surface area contributed by atoms with Crippen molar-refractivity contribution in [2.45, 2.75) is 31.7 Å². The molecular formula is C11H20ClN3O2S. The van der Waals surface area contributed by atoms with Crippen LogP contribution in [0.4, 0.5) is 0 Å². The van der Waals surface area contributed by atoms with Gasteiger partial charge in [0.25, 0.3) is 0 Å². The van der Waals surface area contributed by atoms with Crippen LogP contribution in [0, 0.1) is 5.92 Å². The van der Waals surface area contributed by atoms with E-state index in [2.05, 4.69) is 5.10 Å². The Kier molecular flexibility index (Phi) is 5.62. The summed E-state index contributed by atoms with van der Waals surface area (Å²) in [6.45, 7) is 5.10. The lowest BCUT2D eigenvalue weighted by atomic mass is 10.1. The fourth-order valence-corrected chi connectivity index (χ4v) is 2.95. The Labute approximate surface area is 114 Å². The van der Waals surface area contributed by atoms with Gasteiger partial charge in [-0.3, -0.25) is 4.68 Å². The van der Waals surface area contributed by atoms with Gasteiger partial charge in [-0.25, -0.2) is 12.7 Å². The molecule has 0 amide bonds. The van der Waals surface area contributed by atoms with Crippen LogP contribution >= 0.6 is 11.6 Å². The van der Waals surface area contributed by atoms with Gasteiger partial charge < -0.3 is 0 Å². The summed E-state index contributed by atoms with van der Waals surface area (Å²) in [7, 11) is -1.84. The van der Waals surface area contributed by atoms with Gasteiger partial charge in [-0.05, 0) is 5.92 Å². The standard InChI is InChI=1S/C11H20ClN3O2S/c1-4-10(2)8-14(3)18(16,17)11-7-13-15(9-11)6-5-12/h7,9-10H,4-6,8H2,1-3H3. The molecule has 5 nitrogen and oxygen atoms in total. The second kappa shape index (κ2) is 6.54. The third-order valence-corrected chi connectivity index (χ3v) is 4.84. The highest BCUT2D eigenvalue weighted by Gasteiger charge is 2.23. The Bertz CT molecular complexity index is 472. The van der Waals surface area contributed by atoms with Gasteiger partial charge >= 0.3 is 0 Å². The van der Waals surface area contributed by atoms with Crippen LogP contribution in [0.5, 0.6) is 0 Å². The van der Waals surface area contributed by atoms with Crippen LogP contribution < -0.4 is 0 Å². The zero-order valence-corrected chi connectivity index (χ0v) is 12.6. The van der Waals surface area contributed by atoms with E-state index in [-0.39, 0.29) is 4.90 Å². The van der Waals surface area contributed by atoms with Crippen LogP contribution in [0.25, 0.3) is 0 Å². The second-order valence-electron chi connectivity index (χ2n) is 4.43. The highest BCUT2D eigenvalue weighted by Crippen LogP contribution is 2.15. The average Bonchev–Trinajstić information content (AvgIpc) is 2.78. The number of aromatic nitrogens is 2. The molecule has 0 aromatic carbocycles. The summed E-state index contributed by atoms with van der Waals surface area (Å²) in [5.74, 6) is 0.742. The van der Waals surface area contributed by atoms with Gasteiger partial charge in [-0.15, -0.1) is 11.6 Å². The van der Waals surface area contributed by atoms with Crippen molar-refractivity contribution in [1.29, 1.82) is 0 Å². The average molecular weight is 294 g/mol. The molecule has 0 N–H and O–H groups in total. The first kappa shape index (κ1) is 15.5. The summed E-state index contributed by atoms with van der Waals surface area (Å²) in [6.07, 6.45) is 3.84. The maximum Gasteiger partial charge on any atom is 0.245 e. The molecule has 0 radical (unpaired) electrons. The minimum absolute atomic E-state index is 0.221. The molecule has 0 aliphatic heterocycles. The summed E-state index contributed by atoms with van der Waals surface area (Å²) in [4.78, 5) is 0.221. The quantitative estimate of drug-likeness (QED) is 0.720. The normalized spacial score (nSPS) is 14.1. The third-order valence-electron chi connectivity index (χ3n) is 2.90. The van der Waals surface area contributed by atoms with Crippen molar-refractivity contribution in [3.05, 3.63) is 12.4 Å². The van der Waals surface area contributed by atoms with Gasteiger partial charge in [-0.1, -0.05) is 20.3 Å². The summed E-state index contributed by atoms with van der Waals surface area (Å²) >= 11 is 5.59. The van der Waals surface area contributed by atoms with Crippen LogP contribution in [-0.2, 0) is 16.6 Å². The first-order valence-corrected chi connectivity index (χ1v) is 7.94. The van der Waals surface area contributed by atoms with Gasteiger partial charge in [0.1, 0.15) is 4.90 Å². The number of hydrogen-bond acceptors (Lipinski definition) is 3. The predicted octanol–water partition coefficient (Wildman–Crippen LogP) is 1.79. The van der Waals surface area contributed by atoms with E-state index in [0.717, 1.165) is 6.42 Å². The number of alkyl halides is 1. The molecular weight excluding hydrogens is 274 g/mol. The first-order chi connectivity index (χ1) is 8.41. The SMILES string of the molecule is CCC(C)CN(C)S(=O)(=O)c1cnn(CCCl)c1. The number of hydrogen-bond donors (Lipinski definition) is 0. The summed E-state index contributed by atoms with van der Waals surface area (Å²) in [5, 5.41) is 3.98. The maximum absolute atomic E-state index is 12.2. The predicted molar refractivity (Wildman–Crippen MR) is 72.2 cm³/mol. The van der Waals surface area contributed by atoms with Crippen molar-refractivity contribution >= 4 is 21.6 Å². The molecule has 104 valence electrons.